The van der Waals surface area contributed by atoms with Crippen molar-refractivity contribution in [1.82, 2.24) is 0 Å². The van der Waals surface area contributed by atoms with E-state index in [0.29, 0.717) is 0 Å². The Morgan fingerprint density at radius 1 is 0.558 bits per heavy atom. The van der Waals surface area contributed by atoms with Crippen LogP contribution in [0.3, 0.4) is 0 Å². The smallest absolute Gasteiger partial charge is 0.357 e. The maximum atomic E-state index is 10.8. The number of halogens is 1. The summed E-state index contributed by atoms with van der Waals surface area (Å²) in [6.45, 7) is 15.8. The molecule has 0 aromatic heterocycles. The van der Waals surface area contributed by atoms with Gasteiger partial charge in [-0.3, -0.25) is 0 Å². The standard InChI is InChI=1S/C20H26I.C18H30O3S/c1-19(2,3)15-7-11-17(12-8-15)21-18-13-9-16(10-14-18)20(4,5)6;1-2-3-4-5-6-7-8-9-10-11-12-17-13-15-18(16-14-17)22(19,20)21/h7-14H,1-6H3;13-16H,2-12H2,1H3,(H,19,20,21)/q+1;/p-1. The van der Waals surface area contributed by atoms with Crippen molar-refractivity contribution in [2.24, 2.45) is 0 Å². The van der Waals surface area contributed by atoms with Crippen molar-refractivity contribution in [3.63, 3.8) is 0 Å². The van der Waals surface area contributed by atoms with Crippen LogP contribution in [0.1, 0.15) is 129 Å². The lowest BCUT2D eigenvalue weighted by Crippen LogP contribution is -3.61. The lowest BCUT2D eigenvalue weighted by molar-refractivity contribution is -0.597. The molecule has 0 spiro atoms. The average molecular weight is 719 g/mol. The topological polar surface area (TPSA) is 57.2 Å². The van der Waals surface area contributed by atoms with Gasteiger partial charge < -0.3 is 4.55 Å². The fourth-order valence-corrected chi connectivity index (χ4v) is 7.42. The maximum absolute atomic E-state index is 10.8. The number of rotatable bonds is 14. The molecule has 3 aromatic rings. The van der Waals surface area contributed by atoms with Gasteiger partial charge in [0.2, 0.25) is 0 Å². The third-order valence-electron chi connectivity index (χ3n) is 7.67. The summed E-state index contributed by atoms with van der Waals surface area (Å²) in [5.41, 5.74) is 4.42. The molecule has 0 aliphatic heterocycles. The molecule has 3 nitrogen and oxygen atoms in total. The Hall–Kier alpha value is -1.70. The molecule has 238 valence electrons. The molecule has 0 N–H and O–H groups in total. The minimum Gasteiger partial charge on any atom is -0.744 e. The minimum atomic E-state index is -4.31. The van der Waals surface area contributed by atoms with Crippen LogP contribution in [0.25, 0.3) is 0 Å². The number of hydrogen-bond acceptors (Lipinski definition) is 3. The molecule has 0 saturated carbocycles. The zero-order valence-corrected chi connectivity index (χ0v) is 30.7. The van der Waals surface area contributed by atoms with Crippen LogP contribution in [0, 0.1) is 7.14 Å². The molecular weight excluding hydrogens is 663 g/mol. The van der Waals surface area contributed by atoms with Crippen LogP contribution in [0.15, 0.2) is 77.7 Å². The van der Waals surface area contributed by atoms with E-state index in [0.717, 1.165) is 18.4 Å². The molecule has 0 heterocycles. The summed E-state index contributed by atoms with van der Waals surface area (Å²) in [6.07, 6.45) is 14.0. The van der Waals surface area contributed by atoms with Gasteiger partial charge in [0.25, 0.3) is 0 Å². The minimum absolute atomic E-state index is 0.0703. The summed E-state index contributed by atoms with van der Waals surface area (Å²) in [5, 5.41) is 0. The summed E-state index contributed by atoms with van der Waals surface area (Å²) in [4.78, 5) is -0.140. The van der Waals surface area contributed by atoms with Crippen molar-refractivity contribution in [3.05, 3.63) is 96.6 Å². The first kappa shape index (κ1) is 37.5. The highest BCUT2D eigenvalue weighted by atomic mass is 127. The molecule has 3 aromatic carbocycles. The van der Waals surface area contributed by atoms with E-state index in [9.17, 15) is 13.0 Å². The molecule has 0 saturated heterocycles. The van der Waals surface area contributed by atoms with E-state index in [1.807, 2.05) is 0 Å². The third kappa shape index (κ3) is 15.2. The van der Waals surface area contributed by atoms with Crippen molar-refractivity contribution in [2.45, 2.75) is 135 Å². The molecule has 5 heteroatoms. The first-order chi connectivity index (χ1) is 20.2. The Balaban J connectivity index is 0.000000300. The van der Waals surface area contributed by atoms with Crippen LogP contribution in [-0.4, -0.2) is 13.0 Å². The van der Waals surface area contributed by atoms with E-state index in [1.54, 1.807) is 12.1 Å². The van der Waals surface area contributed by atoms with Gasteiger partial charge in [-0.05, 0) is 76.8 Å². The Labute approximate surface area is 274 Å². The second-order valence-corrected chi connectivity index (χ2v) is 18.0. The van der Waals surface area contributed by atoms with E-state index < -0.39 is 10.1 Å². The Morgan fingerprint density at radius 2 is 0.930 bits per heavy atom. The Morgan fingerprint density at radius 3 is 1.28 bits per heavy atom. The molecular formula is C38H55IO3S. The first-order valence-electron chi connectivity index (χ1n) is 16.1. The van der Waals surface area contributed by atoms with Gasteiger partial charge in [0.15, 0.2) is 7.14 Å². The zero-order chi connectivity index (χ0) is 31.9. The first-order valence-corrected chi connectivity index (χ1v) is 19.7. The lowest BCUT2D eigenvalue weighted by Gasteiger charge is -2.18. The Bertz CT molecular complexity index is 1230. The van der Waals surface area contributed by atoms with Crippen molar-refractivity contribution in [1.29, 1.82) is 0 Å². The van der Waals surface area contributed by atoms with Gasteiger partial charge in [-0.25, -0.2) is 8.42 Å². The second kappa shape index (κ2) is 18.3. The summed E-state index contributed by atoms with van der Waals surface area (Å²) in [6, 6.07) is 24.7. The van der Waals surface area contributed by atoms with Crippen LogP contribution in [-0.2, 0) is 27.4 Å². The van der Waals surface area contributed by atoms with Crippen LogP contribution < -0.4 is 21.2 Å². The van der Waals surface area contributed by atoms with E-state index in [4.69, 9.17) is 0 Å². The molecule has 3 rings (SSSR count). The fourth-order valence-electron chi connectivity index (χ4n) is 4.79. The molecule has 0 atom stereocenters. The van der Waals surface area contributed by atoms with Gasteiger partial charge >= 0.3 is 21.2 Å². The highest BCUT2D eigenvalue weighted by molar-refractivity contribution is 7.85. The largest absolute Gasteiger partial charge is 0.744 e. The number of hydrogen-bond donors (Lipinski definition) is 0. The van der Waals surface area contributed by atoms with E-state index in [2.05, 4.69) is 97.0 Å². The summed E-state index contributed by atoms with van der Waals surface area (Å²) >= 11 is -0.0703. The molecule has 43 heavy (non-hydrogen) atoms. The number of benzene rings is 3. The van der Waals surface area contributed by atoms with Crippen molar-refractivity contribution in [2.75, 3.05) is 0 Å². The lowest BCUT2D eigenvalue weighted by atomic mass is 9.87. The highest BCUT2D eigenvalue weighted by Gasteiger charge is 2.20. The van der Waals surface area contributed by atoms with E-state index in [-0.39, 0.29) is 36.9 Å². The summed E-state index contributed by atoms with van der Waals surface area (Å²) in [5.74, 6) is 0. The van der Waals surface area contributed by atoms with E-state index in [1.165, 1.54) is 88.2 Å². The normalized spacial score (nSPS) is 12.1. The van der Waals surface area contributed by atoms with Crippen LogP contribution in [0.4, 0.5) is 0 Å². The molecule has 0 fully saturated rings. The van der Waals surface area contributed by atoms with Crippen molar-refractivity contribution >= 4 is 10.1 Å². The van der Waals surface area contributed by atoms with Crippen LogP contribution >= 0.6 is 0 Å². The second-order valence-electron chi connectivity index (χ2n) is 13.6. The van der Waals surface area contributed by atoms with Gasteiger partial charge in [-0.2, -0.15) is 0 Å². The summed E-state index contributed by atoms with van der Waals surface area (Å²) < 4.78 is 35.5. The quantitative estimate of drug-likeness (QED) is 0.0989. The third-order valence-corrected chi connectivity index (χ3v) is 11.2. The monoisotopic (exact) mass is 718 g/mol. The molecule has 0 radical (unpaired) electrons. The molecule has 0 unspecified atom stereocenters. The van der Waals surface area contributed by atoms with Gasteiger partial charge in [0.05, 0.1) is 4.90 Å². The molecule has 0 aliphatic carbocycles. The number of aryl methyl sites for hydroxylation is 1. The molecule has 0 bridgehead atoms. The van der Waals surface area contributed by atoms with Gasteiger partial charge in [0.1, 0.15) is 10.1 Å². The van der Waals surface area contributed by atoms with Gasteiger partial charge in [-0.1, -0.05) is 143 Å². The molecule has 0 aliphatic rings. The zero-order valence-electron chi connectivity index (χ0n) is 27.7. The van der Waals surface area contributed by atoms with Crippen LogP contribution in [0.5, 0.6) is 0 Å². The van der Waals surface area contributed by atoms with Crippen molar-refractivity contribution < 1.29 is 34.2 Å². The van der Waals surface area contributed by atoms with Gasteiger partial charge in [-0.15, -0.1) is 0 Å². The van der Waals surface area contributed by atoms with Crippen LogP contribution in [0.2, 0.25) is 0 Å². The molecule has 0 amide bonds. The fraction of sp³-hybridized carbons (Fsp3) is 0.526. The average Bonchev–Trinajstić information content (AvgIpc) is 2.94. The predicted octanol–water partition coefficient (Wildman–Crippen LogP) is 7.46. The SMILES string of the molecule is CC(C)(C)c1ccc([I+]c2ccc(C(C)(C)C)cc2)cc1.CCCCCCCCCCCCc1ccc(S(=O)(=O)[O-])cc1. The number of unbranched alkanes of at least 4 members (excludes halogenated alkanes) is 9. The maximum Gasteiger partial charge on any atom is 0.357 e. The van der Waals surface area contributed by atoms with Gasteiger partial charge in [0, 0.05) is 0 Å². The van der Waals surface area contributed by atoms with E-state index >= 15 is 0 Å². The summed E-state index contributed by atoms with van der Waals surface area (Å²) in [7, 11) is -4.31. The Kier molecular flexibility index (Phi) is 16.0. The highest BCUT2D eigenvalue weighted by Crippen LogP contribution is 2.22. The van der Waals surface area contributed by atoms with Crippen molar-refractivity contribution in [3.8, 4) is 0 Å². The predicted molar refractivity (Wildman–Crippen MR) is 178 cm³/mol.